The Morgan fingerprint density at radius 3 is 2.16 bits per heavy atom. The van der Waals surface area contributed by atoms with Gasteiger partial charge in [-0.15, -0.1) is 0 Å². The zero-order valence-electron chi connectivity index (χ0n) is 20.4. The number of aromatic carboxylic acids is 1. The lowest BCUT2D eigenvalue weighted by atomic mass is 10.2. The fourth-order valence-corrected chi connectivity index (χ4v) is 3.11. The number of nitrogens with zero attached hydrogens (tertiary/aromatic N) is 1. The molecule has 0 unspecified atom stereocenters. The molecule has 1 amide bonds. The van der Waals surface area contributed by atoms with E-state index in [0.717, 1.165) is 5.56 Å². The van der Waals surface area contributed by atoms with Crippen molar-refractivity contribution in [1.82, 2.24) is 0 Å². The summed E-state index contributed by atoms with van der Waals surface area (Å²) in [4.78, 5) is 35.0. The molecule has 3 N–H and O–H groups in total. The highest BCUT2D eigenvalue weighted by Crippen LogP contribution is 2.28. The molecule has 0 aliphatic heterocycles. The summed E-state index contributed by atoms with van der Waals surface area (Å²) >= 11 is 0. The van der Waals surface area contributed by atoms with Gasteiger partial charge in [-0.05, 0) is 86.1 Å². The quantitative estimate of drug-likeness (QED) is 0.187. The molecule has 0 spiro atoms. The number of carboxylic acid groups (broad SMARTS) is 1. The largest absolute Gasteiger partial charge is 0.490 e. The van der Waals surface area contributed by atoms with E-state index in [-0.39, 0.29) is 24.7 Å². The molecule has 0 heterocycles. The summed E-state index contributed by atoms with van der Waals surface area (Å²) in [6.07, 6.45) is 1.57. The first-order chi connectivity index (χ1) is 17.9. The number of carbonyl (C=O) groups is 3. The van der Waals surface area contributed by atoms with Crippen molar-refractivity contribution in [1.29, 1.82) is 0 Å². The molecule has 3 aromatic rings. The molecule has 0 saturated heterocycles. The maximum atomic E-state index is 12.3. The van der Waals surface area contributed by atoms with Gasteiger partial charge in [0, 0.05) is 5.69 Å². The highest BCUT2D eigenvalue weighted by atomic mass is 16.5. The molecule has 0 atom stereocenters. The molecule has 0 aromatic heterocycles. The molecule has 0 radical (unpaired) electrons. The number of esters is 1. The second kappa shape index (κ2) is 13.3. The SMILES string of the molecule is CCOC(=O)c1ccc(NC(=O)COc2ccc(/C=N\Nc3ccc(C(=O)O)cc3)cc2OCC)cc1. The number of hydrogen-bond donors (Lipinski definition) is 3. The van der Waals surface area contributed by atoms with Crippen molar-refractivity contribution in [2.75, 3.05) is 30.6 Å². The number of ether oxygens (including phenoxy) is 3. The molecule has 10 nitrogen and oxygen atoms in total. The van der Waals surface area contributed by atoms with Crippen LogP contribution < -0.4 is 20.2 Å². The Morgan fingerprint density at radius 1 is 0.838 bits per heavy atom. The van der Waals surface area contributed by atoms with Gasteiger partial charge in [0.2, 0.25) is 0 Å². The van der Waals surface area contributed by atoms with E-state index >= 15 is 0 Å². The van der Waals surface area contributed by atoms with E-state index in [2.05, 4.69) is 15.8 Å². The number of anilines is 2. The Hall–Kier alpha value is -4.86. The van der Waals surface area contributed by atoms with Crippen LogP contribution in [0.3, 0.4) is 0 Å². The molecular weight excluding hydrogens is 478 g/mol. The summed E-state index contributed by atoms with van der Waals surface area (Å²) < 4.78 is 16.2. The van der Waals surface area contributed by atoms with Crippen molar-refractivity contribution < 1.29 is 33.7 Å². The van der Waals surface area contributed by atoms with Crippen molar-refractivity contribution in [2.45, 2.75) is 13.8 Å². The van der Waals surface area contributed by atoms with Crippen molar-refractivity contribution in [3.8, 4) is 11.5 Å². The topological polar surface area (TPSA) is 136 Å². The number of amides is 1. The van der Waals surface area contributed by atoms with Crippen LogP contribution in [0.15, 0.2) is 71.8 Å². The third-order valence-electron chi connectivity index (χ3n) is 4.85. The second-order valence-corrected chi connectivity index (χ2v) is 7.53. The Kier molecular flexibility index (Phi) is 9.60. The van der Waals surface area contributed by atoms with Crippen LogP contribution in [-0.4, -0.2) is 49.0 Å². The van der Waals surface area contributed by atoms with Gasteiger partial charge in [-0.2, -0.15) is 5.10 Å². The van der Waals surface area contributed by atoms with Crippen LogP contribution in [0.2, 0.25) is 0 Å². The summed E-state index contributed by atoms with van der Waals surface area (Å²) in [5.41, 5.74) is 5.28. The summed E-state index contributed by atoms with van der Waals surface area (Å²) in [5, 5.41) is 15.8. The molecule has 3 rings (SSSR count). The van der Waals surface area contributed by atoms with Crippen LogP contribution >= 0.6 is 0 Å². The minimum absolute atomic E-state index is 0.187. The molecule has 0 saturated carbocycles. The van der Waals surface area contributed by atoms with E-state index in [0.29, 0.717) is 35.0 Å². The lowest BCUT2D eigenvalue weighted by Crippen LogP contribution is -2.20. The third kappa shape index (κ3) is 8.10. The maximum Gasteiger partial charge on any atom is 0.338 e. The number of hydrazone groups is 1. The first-order valence-corrected chi connectivity index (χ1v) is 11.5. The van der Waals surface area contributed by atoms with Gasteiger partial charge in [-0.3, -0.25) is 10.2 Å². The van der Waals surface area contributed by atoms with Crippen LogP contribution in [0.25, 0.3) is 0 Å². The van der Waals surface area contributed by atoms with Gasteiger partial charge in [0.15, 0.2) is 18.1 Å². The first-order valence-electron chi connectivity index (χ1n) is 11.5. The van der Waals surface area contributed by atoms with Crippen LogP contribution in [0, 0.1) is 0 Å². The van der Waals surface area contributed by atoms with Crippen molar-refractivity contribution >= 4 is 35.4 Å². The van der Waals surface area contributed by atoms with Gasteiger partial charge in [0.05, 0.1) is 36.2 Å². The lowest BCUT2D eigenvalue weighted by molar-refractivity contribution is -0.118. The Bertz CT molecular complexity index is 1260. The Labute approximate surface area is 213 Å². The summed E-state index contributed by atoms with van der Waals surface area (Å²) in [6.45, 7) is 3.99. The molecule has 0 fully saturated rings. The fraction of sp³-hybridized carbons (Fsp3) is 0.185. The zero-order valence-corrected chi connectivity index (χ0v) is 20.4. The standard InChI is InChI=1S/C27H27N3O7/c1-3-35-24-15-18(16-28-30-22-12-6-19(7-13-22)26(32)33)5-14-23(24)37-17-25(31)29-21-10-8-20(9-11-21)27(34)36-4-2/h5-16,30H,3-4,17H2,1-2H3,(H,29,31)(H,32,33)/b28-16-. The van der Waals surface area contributed by atoms with Gasteiger partial charge in [0.25, 0.3) is 5.91 Å². The van der Waals surface area contributed by atoms with Crippen LogP contribution in [-0.2, 0) is 9.53 Å². The predicted molar refractivity (Wildman–Crippen MR) is 139 cm³/mol. The fourth-order valence-electron chi connectivity index (χ4n) is 3.11. The Balaban J connectivity index is 1.56. The first kappa shape index (κ1) is 26.7. The van der Waals surface area contributed by atoms with E-state index in [4.69, 9.17) is 19.3 Å². The summed E-state index contributed by atoms with van der Waals surface area (Å²) in [7, 11) is 0. The molecule has 3 aromatic carbocycles. The van der Waals surface area contributed by atoms with Gasteiger partial charge in [-0.25, -0.2) is 9.59 Å². The average molecular weight is 506 g/mol. The average Bonchev–Trinajstić information content (AvgIpc) is 2.89. The van der Waals surface area contributed by atoms with E-state index in [1.54, 1.807) is 67.7 Å². The maximum absolute atomic E-state index is 12.3. The molecule has 0 aliphatic rings. The smallest absolute Gasteiger partial charge is 0.338 e. The van der Waals surface area contributed by atoms with Gasteiger partial charge in [0.1, 0.15) is 0 Å². The van der Waals surface area contributed by atoms with E-state index in [1.165, 1.54) is 12.1 Å². The summed E-state index contributed by atoms with van der Waals surface area (Å²) in [6, 6.07) is 17.7. The molecule has 37 heavy (non-hydrogen) atoms. The molecule has 0 aliphatic carbocycles. The minimum atomic E-state index is -0.997. The lowest BCUT2D eigenvalue weighted by Gasteiger charge is -2.13. The highest BCUT2D eigenvalue weighted by molar-refractivity contribution is 5.94. The van der Waals surface area contributed by atoms with Crippen molar-refractivity contribution in [3.05, 3.63) is 83.4 Å². The van der Waals surface area contributed by atoms with E-state index in [1.807, 2.05) is 6.92 Å². The van der Waals surface area contributed by atoms with Crippen LogP contribution in [0.5, 0.6) is 11.5 Å². The monoisotopic (exact) mass is 505 g/mol. The van der Waals surface area contributed by atoms with Crippen molar-refractivity contribution in [2.24, 2.45) is 5.10 Å². The zero-order chi connectivity index (χ0) is 26.6. The number of carboxylic acids is 1. The van der Waals surface area contributed by atoms with Crippen molar-refractivity contribution in [3.63, 3.8) is 0 Å². The molecule has 0 bridgehead atoms. The number of rotatable bonds is 12. The highest BCUT2D eigenvalue weighted by Gasteiger charge is 2.11. The van der Waals surface area contributed by atoms with Gasteiger partial charge < -0.3 is 24.6 Å². The second-order valence-electron chi connectivity index (χ2n) is 7.53. The number of hydrogen-bond acceptors (Lipinski definition) is 8. The Morgan fingerprint density at radius 2 is 1.51 bits per heavy atom. The third-order valence-corrected chi connectivity index (χ3v) is 4.85. The van der Waals surface area contributed by atoms with Gasteiger partial charge >= 0.3 is 11.9 Å². The van der Waals surface area contributed by atoms with Crippen LogP contribution in [0.4, 0.5) is 11.4 Å². The molecule has 192 valence electrons. The van der Waals surface area contributed by atoms with Crippen LogP contribution in [0.1, 0.15) is 40.1 Å². The predicted octanol–water partition coefficient (Wildman–Crippen LogP) is 4.42. The molecular formula is C27H27N3O7. The van der Waals surface area contributed by atoms with E-state index < -0.39 is 11.9 Å². The minimum Gasteiger partial charge on any atom is -0.490 e. The normalized spacial score (nSPS) is 10.5. The number of nitrogens with one attached hydrogen (secondary N) is 2. The summed E-state index contributed by atoms with van der Waals surface area (Å²) in [5.74, 6) is -0.961. The molecule has 10 heteroatoms. The van der Waals surface area contributed by atoms with E-state index in [9.17, 15) is 14.4 Å². The van der Waals surface area contributed by atoms with Gasteiger partial charge in [-0.1, -0.05) is 0 Å². The number of benzene rings is 3. The number of carbonyl (C=O) groups excluding carboxylic acids is 2.